The zero-order valence-corrected chi connectivity index (χ0v) is 14.4. The molecule has 1 aromatic rings. The molecule has 0 saturated heterocycles. The van der Waals surface area contributed by atoms with Crippen molar-refractivity contribution in [1.29, 1.82) is 0 Å². The molecule has 0 radical (unpaired) electrons. The average Bonchev–Trinajstić information content (AvgIpc) is 2.45. The Bertz CT molecular complexity index is 430. The van der Waals surface area contributed by atoms with Crippen molar-refractivity contribution in [2.45, 2.75) is 78.9 Å². The summed E-state index contributed by atoms with van der Waals surface area (Å²) in [5.74, 6) is 0.536. The van der Waals surface area contributed by atoms with Gasteiger partial charge in [-0.15, -0.1) is 0 Å². The van der Waals surface area contributed by atoms with Gasteiger partial charge in [0.2, 0.25) is 0 Å². The predicted molar refractivity (Wildman–Crippen MR) is 88.3 cm³/mol. The molecule has 1 nitrogen and oxygen atoms in total. The van der Waals surface area contributed by atoms with E-state index in [9.17, 15) is 4.39 Å². The summed E-state index contributed by atoms with van der Waals surface area (Å²) in [6.07, 6.45) is 3.38. The number of rotatable bonds is 8. The van der Waals surface area contributed by atoms with Gasteiger partial charge in [0, 0.05) is 0 Å². The molecule has 120 valence electrons. The molecule has 21 heavy (non-hydrogen) atoms. The minimum absolute atomic E-state index is 0.0656. The van der Waals surface area contributed by atoms with Crippen LogP contribution in [0.5, 0.6) is 0 Å². The van der Waals surface area contributed by atoms with Crippen molar-refractivity contribution in [2.75, 3.05) is 0 Å². The van der Waals surface area contributed by atoms with Crippen molar-refractivity contribution < 1.29 is 9.13 Å². The third-order valence-electron chi connectivity index (χ3n) is 4.56. The summed E-state index contributed by atoms with van der Waals surface area (Å²) >= 11 is 0. The fourth-order valence-corrected chi connectivity index (χ4v) is 2.74. The van der Waals surface area contributed by atoms with E-state index in [2.05, 4.69) is 41.5 Å². The van der Waals surface area contributed by atoms with Crippen molar-refractivity contribution in [3.8, 4) is 0 Å². The van der Waals surface area contributed by atoms with E-state index in [-0.39, 0.29) is 17.8 Å². The molecular formula is C19H31FO. The zero-order chi connectivity index (χ0) is 16.0. The van der Waals surface area contributed by atoms with Crippen LogP contribution < -0.4 is 0 Å². The summed E-state index contributed by atoms with van der Waals surface area (Å²) in [6.45, 7) is 12.7. The molecular weight excluding hydrogens is 263 g/mol. The standard InChI is InChI=1S/C19H31FO/c1-7-14(4)21-15(5)11-13(3)16(6)18-10-9-17(8-2)12-19(18)20/h9-10,12-16H,7-8,11H2,1-6H3. The molecule has 0 aliphatic rings. The second-order valence-corrected chi connectivity index (χ2v) is 6.38. The highest BCUT2D eigenvalue weighted by Gasteiger charge is 2.21. The van der Waals surface area contributed by atoms with E-state index < -0.39 is 0 Å². The molecule has 0 N–H and O–H groups in total. The van der Waals surface area contributed by atoms with Gasteiger partial charge in [-0.2, -0.15) is 0 Å². The lowest BCUT2D eigenvalue weighted by Crippen LogP contribution is -2.21. The van der Waals surface area contributed by atoms with Gasteiger partial charge in [0.05, 0.1) is 12.2 Å². The lowest BCUT2D eigenvalue weighted by atomic mass is 9.84. The first kappa shape index (κ1) is 18.2. The molecule has 4 unspecified atom stereocenters. The van der Waals surface area contributed by atoms with E-state index in [1.165, 1.54) is 0 Å². The van der Waals surface area contributed by atoms with Crippen LogP contribution in [0, 0.1) is 11.7 Å². The van der Waals surface area contributed by atoms with Gasteiger partial charge in [-0.1, -0.05) is 39.8 Å². The van der Waals surface area contributed by atoms with Crippen molar-refractivity contribution in [1.82, 2.24) is 0 Å². The Balaban J connectivity index is 2.67. The summed E-state index contributed by atoms with van der Waals surface area (Å²) in [6, 6.07) is 5.67. The lowest BCUT2D eigenvalue weighted by molar-refractivity contribution is -0.00602. The predicted octanol–water partition coefficient (Wildman–Crippen LogP) is 5.72. The summed E-state index contributed by atoms with van der Waals surface area (Å²) in [4.78, 5) is 0. The molecule has 0 bridgehead atoms. The van der Waals surface area contributed by atoms with E-state index in [4.69, 9.17) is 4.74 Å². The van der Waals surface area contributed by atoms with Crippen LogP contribution in [0.1, 0.15) is 71.4 Å². The smallest absolute Gasteiger partial charge is 0.126 e. The van der Waals surface area contributed by atoms with Gasteiger partial charge in [0.25, 0.3) is 0 Å². The molecule has 0 spiro atoms. The molecule has 1 aromatic carbocycles. The highest BCUT2D eigenvalue weighted by atomic mass is 19.1. The Hall–Kier alpha value is -0.890. The Morgan fingerprint density at radius 3 is 2.24 bits per heavy atom. The van der Waals surface area contributed by atoms with Gasteiger partial charge in [0.15, 0.2) is 0 Å². The van der Waals surface area contributed by atoms with E-state index in [0.717, 1.165) is 30.4 Å². The maximum absolute atomic E-state index is 14.2. The third kappa shape index (κ3) is 5.43. The van der Waals surface area contributed by atoms with Crippen LogP contribution in [0.2, 0.25) is 0 Å². The largest absolute Gasteiger partial charge is 0.376 e. The number of aryl methyl sites for hydroxylation is 1. The van der Waals surface area contributed by atoms with Crippen LogP contribution in [0.3, 0.4) is 0 Å². The van der Waals surface area contributed by atoms with E-state index in [0.29, 0.717) is 12.0 Å². The summed E-state index contributed by atoms with van der Waals surface area (Å²) in [7, 11) is 0. The minimum Gasteiger partial charge on any atom is -0.376 e. The molecule has 1 rings (SSSR count). The normalized spacial score (nSPS) is 17.3. The van der Waals surface area contributed by atoms with Crippen LogP contribution in [0.25, 0.3) is 0 Å². The molecule has 0 amide bonds. The van der Waals surface area contributed by atoms with E-state index in [1.54, 1.807) is 6.07 Å². The van der Waals surface area contributed by atoms with Gasteiger partial charge >= 0.3 is 0 Å². The molecule has 0 aliphatic heterocycles. The van der Waals surface area contributed by atoms with Crippen LogP contribution in [-0.4, -0.2) is 12.2 Å². The first-order valence-electron chi connectivity index (χ1n) is 8.32. The van der Waals surface area contributed by atoms with Crippen LogP contribution >= 0.6 is 0 Å². The SMILES string of the molecule is CCc1ccc(C(C)C(C)CC(C)OC(C)CC)c(F)c1. The van der Waals surface area contributed by atoms with Crippen molar-refractivity contribution in [2.24, 2.45) is 5.92 Å². The molecule has 0 heterocycles. The van der Waals surface area contributed by atoms with Crippen molar-refractivity contribution >= 4 is 0 Å². The maximum atomic E-state index is 14.2. The summed E-state index contributed by atoms with van der Waals surface area (Å²) in [5.41, 5.74) is 1.89. The Kier molecular flexibility index (Phi) is 7.37. The number of hydrogen-bond acceptors (Lipinski definition) is 1. The van der Waals surface area contributed by atoms with Gasteiger partial charge < -0.3 is 4.74 Å². The van der Waals surface area contributed by atoms with E-state index in [1.807, 2.05) is 12.1 Å². The summed E-state index contributed by atoms with van der Waals surface area (Å²) < 4.78 is 20.1. The van der Waals surface area contributed by atoms with Crippen LogP contribution in [-0.2, 0) is 11.2 Å². The molecule has 0 saturated carbocycles. The molecule has 2 heteroatoms. The second-order valence-electron chi connectivity index (χ2n) is 6.38. The Labute approximate surface area is 129 Å². The zero-order valence-electron chi connectivity index (χ0n) is 14.4. The fraction of sp³-hybridized carbons (Fsp3) is 0.684. The number of ether oxygens (including phenoxy) is 1. The quantitative estimate of drug-likeness (QED) is 0.595. The van der Waals surface area contributed by atoms with Crippen molar-refractivity contribution in [3.05, 3.63) is 35.1 Å². The number of hydrogen-bond donors (Lipinski definition) is 0. The van der Waals surface area contributed by atoms with Gasteiger partial charge in [-0.25, -0.2) is 4.39 Å². The molecule has 4 atom stereocenters. The Morgan fingerprint density at radius 1 is 1.05 bits per heavy atom. The molecule has 0 aromatic heterocycles. The molecule has 0 fully saturated rings. The monoisotopic (exact) mass is 294 g/mol. The second kappa shape index (κ2) is 8.53. The van der Waals surface area contributed by atoms with Crippen molar-refractivity contribution in [3.63, 3.8) is 0 Å². The fourth-order valence-electron chi connectivity index (χ4n) is 2.74. The number of halogens is 1. The molecule has 0 aliphatic carbocycles. The highest BCUT2D eigenvalue weighted by molar-refractivity contribution is 5.27. The summed E-state index contributed by atoms with van der Waals surface area (Å²) in [5, 5.41) is 0. The maximum Gasteiger partial charge on any atom is 0.126 e. The van der Waals surface area contributed by atoms with Crippen LogP contribution in [0.15, 0.2) is 18.2 Å². The average molecular weight is 294 g/mol. The highest BCUT2D eigenvalue weighted by Crippen LogP contribution is 2.30. The van der Waals surface area contributed by atoms with Gasteiger partial charge in [0.1, 0.15) is 5.82 Å². The lowest BCUT2D eigenvalue weighted by Gasteiger charge is -2.26. The van der Waals surface area contributed by atoms with E-state index >= 15 is 0 Å². The number of benzene rings is 1. The minimum atomic E-state index is -0.0656. The first-order valence-corrected chi connectivity index (χ1v) is 8.32. The Morgan fingerprint density at radius 2 is 1.71 bits per heavy atom. The van der Waals surface area contributed by atoms with Gasteiger partial charge in [-0.05, 0) is 62.1 Å². The van der Waals surface area contributed by atoms with Crippen LogP contribution in [0.4, 0.5) is 4.39 Å². The van der Waals surface area contributed by atoms with Gasteiger partial charge in [-0.3, -0.25) is 0 Å². The topological polar surface area (TPSA) is 9.23 Å². The first-order chi connectivity index (χ1) is 9.88. The third-order valence-corrected chi connectivity index (χ3v) is 4.56.